The summed E-state index contributed by atoms with van der Waals surface area (Å²) in [5.41, 5.74) is 33.0. The van der Waals surface area contributed by atoms with Gasteiger partial charge in [-0.25, -0.2) is 0 Å². The van der Waals surface area contributed by atoms with E-state index in [0.717, 1.165) is 11.4 Å². The molecule has 0 atom stereocenters. The average Bonchev–Trinajstić information content (AvgIpc) is 2.23. The van der Waals surface area contributed by atoms with Gasteiger partial charge in [-0.3, -0.25) is 0 Å². The fraction of sp³-hybridized carbons (Fsp3) is 0.0256. The Hall–Kier alpha value is -10.2. The minimum Gasteiger partial charge on any atom is -0.311 e. The molecule has 82 heavy (non-hydrogen) atoms. The molecule has 0 fully saturated rings. The zero-order valence-corrected chi connectivity index (χ0v) is 45.5. The van der Waals surface area contributed by atoms with Gasteiger partial charge in [0.2, 0.25) is 13.4 Å². The number of hydrogen-bond acceptors (Lipinski definition) is 2. The van der Waals surface area contributed by atoms with Crippen LogP contribution in [0.4, 0.5) is 34.1 Å². The normalized spacial score (nSPS) is 13.1. The Kier molecular flexibility index (Phi) is 9.57. The molecule has 0 amide bonds. The fourth-order valence-corrected chi connectivity index (χ4v) is 15.3. The van der Waals surface area contributed by atoms with E-state index in [0.29, 0.717) is 0 Å². The average molecular weight is 1040 g/mol. The van der Waals surface area contributed by atoms with Crippen molar-refractivity contribution in [2.75, 3.05) is 9.80 Å². The zero-order valence-electron chi connectivity index (χ0n) is 45.5. The maximum absolute atomic E-state index is 2.65. The largest absolute Gasteiger partial charge is 0.311 e. The lowest BCUT2D eigenvalue weighted by molar-refractivity contribution is 1.29. The summed E-state index contributed by atoms with van der Waals surface area (Å²) in [7, 11) is 0. The highest BCUT2D eigenvalue weighted by molar-refractivity contribution is 7.02. The highest BCUT2D eigenvalue weighted by atomic mass is 15.2. The third-order valence-electron chi connectivity index (χ3n) is 18.8. The van der Waals surface area contributed by atoms with E-state index in [4.69, 9.17) is 0 Å². The van der Waals surface area contributed by atoms with Gasteiger partial charge in [0.05, 0.1) is 0 Å². The van der Waals surface area contributed by atoms with Gasteiger partial charge < -0.3 is 9.80 Å². The van der Waals surface area contributed by atoms with E-state index in [1.54, 1.807) is 0 Å². The number of nitrogens with zero attached hydrogens (tertiary/aromatic N) is 2. The first-order chi connectivity index (χ1) is 40.5. The van der Waals surface area contributed by atoms with Crippen LogP contribution in [0.25, 0.3) is 99.1 Å². The van der Waals surface area contributed by atoms with Crippen LogP contribution in [-0.4, -0.2) is 13.4 Å². The lowest BCUT2D eigenvalue weighted by atomic mass is 9.31. The summed E-state index contributed by atoms with van der Waals surface area (Å²) in [6.45, 7) is 4.72. The standard InChI is InChI=1S/C78H50B2N2/c1-47-37-61-63-39-55(51-25-13-5-14-26-51)43-71-77(63)80(66-36-34-54(50-23-11-4-12-24-50)42-70(66)81(71)57-29-17-7-18-30-57)68-46-60-48(2)38-62-64-40-56(52-27-15-6-16-28-52)44-72-78(64)79(67-45-59(47)75(73(61)68)76(60)74(62)67)65-35-33-53(49-21-9-3-10-22-49)41-69(65)82(72)58-31-19-8-20-32-58/h3-46H,1-2H3. The summed E-state index contributed by atoms with van der Waals surface area (Å²) in [6.07, 6.45) is 0. The maximum atomic E-state index is 2.65. The number of hydrogen-bond donors (Lipinski definition) is 0. The van der Waals surface area contributed by atoms with Gasteiger partial charge in [-0.15, -0.1) is 0 Å². The minimum absolute atomic E-state index is 0.0207. The third kappa shape index (κ3) is 6.38. The quantitative estimate of drug-likeness (QED) is 0.121. The molecule has 0 aromatic heterocycles. The summed E-state index contributed by atoms with van der Waals surface area (Å²) in [5.74, 6) is 0. The number of anilines is 6. The predicted octanol–water partition coefficient (Wildman–Crippen LogP) is 16.4. The van der Waals surface area contributed by atoms with E-state index < -0.39 is 0 Å². The lowest BCUT2D eigenvalue weighted by Crippen LogP contribution is -2.60. The van der Waals surface area contributed by atoms with Crippen molar-refractivity contribution in [2.24, 2.45) is 0 Å². The number of benzene rings is 14. The molecular weight excluding hydrogens is 986 g/mol. The summed E-state index contributed by atoms with van der Waals surface area (Å²) in [6, 6.07) is 101. The van der Waals surface area contributed by atoms with Crippen LogP contribution in [0.15, 0.2) is 267 Å². The zero-order chi connectivity index (χ0) is 53.9. The first kappa shape index (κ1) is 45.7. The van der Waals surface area contributed by atoms with Crippen LogP contribution in [0.1, 0.15) is 11.1 Å². The van der Waals surface area contributed by atoms with Crippen LogP contribution in [-0.2, 0) is 0 Å². The number of para-hydroxylation sites is 2. The molecule has 0 N–H and O–H groups in total. The van der Waals surface area contributed by atoms with E-state index in [1.165, 1.54) is 166 Å². The van der Waals surface area contributed by atoms with Gasteiger partial charge in [0.15, 0.2) is 0 Å². The van der Waals surface area contributed by atoms with E-state index in [2.05, 4.69) is 291 Å². The third-order valence-corrected chi connectivity index (χ3v) is 18.8. The van der Waals surface area contributed by atoms with Gasteiger partial charge in [-0.2, -0.15) is 0 Å². The van der Waals surface area contributed by atoms with Crippen LogP contribution in [0, 0.1) is 13.8 Å². The van der Waals surface area contributed by atoms with Crippen molar-refractivity contribution in [3.05, 3.63) is 278 Å². The van der Waals surface area contributed by atoms with E-state index >= 15 is 0 Å². The first-order valence-corrected chi connectivity index (χ1v) is 28.9. The van der Waals surface area contributed by atoms with Gasteiger partial charge in [0.25, 0.3) is 0 Å². The molecule has 0 saturated heterocycles. The second-order valence-electron chi connectivity index (χ2n) is 23.1. The van der Waals surface area contributed by atoms with Crippen molar-refractivity contribution in [3.8, 4) is 66.8 Å². The summed E-state index contributed by atoms with van der Waals surface area (Å²) >= 11 is 0. The van der Waals surface area contributed by atoms with Crippen molar-refractivity contribution in [1.82, 2.24) is 0 Å². The Morgan fingerprint density at radius 3 is 0.939 bits per heavy atom. The van der Waals surface area contributed by atoms with Crippen molar-refractivity contribution < 1.29 is 0 Å². The predicted molar refractivity (Wildman–Crippen MR) is 351 cm³/mol. The molecule has 14 aromatic rings. The Balaban J connectivity index is 0.974. The van der Waals surface area contributed by atoms with Gasteiger partial charge in [0.1, 0.15) is 0 Å². The van der Waals surface area contributed by atoms with Crippen LogP contribution in [0.3, 0.4) is 0 Å². The second-order valence-corrected chi connectivity index (χ2v) is 23.1. The minimum atomic E-state index is -0.0207. The SMILES string of the molecule is Cc1cc2c3c(cc4c(C)cc5c6c(cc1c3c46)B1c3ccc(-c4ccccc4)cc3N(c3ccccc3)c3cc(-c4ccccc4)cc-5c31)B1c3ccc(-c4ccccc4)cc3N(c3ccccc3)c3cc(-c4ccccc4)cc-2c31. The van der Waals surface area contributed by atoms with Crippen molar-refractivity contribution in [2.45, 2.75) is 13.8 Å². The first-order valence-electron chi connectivity index (χ1n) is 28.9. The fourth-order valence-electron chi connectivity index (χ4n) is 15.3. The number of fused-ring (bicyclic) bond motifs is 8. The highest BCUT2D eigenvalue weighted by Crippen LogP contribution is 2.52. The van der Waals surface area contributed by atoms with Crippen LogP contribution in [0.2, 0.25) is 0 Å². The summed E-state index contributed by atoms with van der Waals surface area (Å²) < 4.78 is 0. The number of aryl methyl sites for hydroxylation is 2. The van der Waals surface area contributed by atoms with Crippen molar-refractivity contribution in [1.29, 1.82) is 0 Å². The monoisotopic (exact) mass is 1040 g/mol. The smallest absolute Gasteiger partial charge is 0.248 e. The molecule has 0 radical (unpaired) electrons. The topological polar surface area (TPSA) is 6.48 Å². The Labute approximate surface area is 478 Å². The lowest BCUT2D eigenvalue weighted by Gasteiger charge is -2.42. The molecule has 0 saturated carbocycles. The van der Waals surface area contributed by atoms with Gasteiger partial charge in [0, 0.05) is 34.1 Å². The van der Waals surface area contributed by atoms with Crippen molar-refractivity contribution in [3.63, 3.8) is 0 Å². The molecule has 0 spiro atoms. The molecule has 378 valence electrons. The Bertz CT molecular complexity index is 4670. The Morgan fingerprint density at radius 2 is 0.573 bits per heavy atom. The van der Waals surface area contributed by atoms with Crippen molar-refractivity contribution >= 4 is 113 Å². The molecule has 4 aliphatic heterocycles. The van der Waals surface area contributed by atoms with Gasteiger partial charge in [-0.05, 0) is 207 Å². The van der Waals surface area contributed by atoms with Crippen LogP contribution < -0.4 is 42.6 Å². The Morgan fingerprint density at radius 1 is 0.244 bits per heavy atom. The summed E-state index contributed by atoms with van der Waals surface area (Å²) in [4.78, 5) is 5.12. The molecule has 18 rings (SSSR count). The second kappa shape index (κ2) is 17.2. The molecule has 2 nitrogen and oxygen atoms in total. The maximum Gasteiger partial charge on any atom is 0.248 e. The molecule has 0 aliphatic carbocycles. The highest BCUT2D eigenvalue weighted by Gasteiger charge is 2.46. The molecule has 14 aromatic carbocycles. The van der Waals surface area contributed by atoms with E-state index in [-0.39, 0.29) is 13.4 Å². The van der Waals surface area contributed by atoms with Crippen LogP contribution in [0.5, 0.6) is 0 Å². The van der Waals surface area contributed by atoms with E-state index in [9.17, 15) is 0 Å². The number of rotatable bonds is 6. The van der Waals surface area contributed by atoms with Gasteiger partial charge >= 0.3 is 0 Å². The van der Waals surface area contributed by atoms with Crippen LogP contribution >= 0.6 is 0 Å². The molecular formula is C78H50B2N2. The summed E-state index contributed by atoms with van der Waals surface area (Å²) in [5, 5.41) is 8.22. The molecule has 4 heterocycles. The molecule has 4 aliphatic rings. The molecule has 0 bridgehead atoms. The molecule has 4 heteroatoms. The molecule has 0 unspecified atom stereocenters. The van der Waals surface area contributed by atoms with E-state index in [1.807, 2.05) is 0 Å². The van der Waals surface area contributed by atoms with Gasteiger partial charge in [-0.1, -0.05) is 217 Å².